The monoisotopic (exact) mass is 416 g/mol. The van der Waals surface area contributed by atoms with E-state index < -0.39 is 21.3 Å². The van der Waals surface area contributed by atoms with Crippen molar-refractivity contribution in [3.05, 3.63) is 43.4 Å². The van der Waals surface area contributed by atoms with E-state index in [1.54, 1.807) is 12.2 Å². The van der Waals surface area contributed by atoms with E-state index in [0.717, 1.165) is 0 Å². The number of alkyl halides is 2. The minimum Gasteiger partial charge on any atom is -0.292 e. The molecule has 0 fully saturated rings. The number of hydrogen-bond acceptors (Lipinski definition) is 2. The number of carbonyl (C=O) groups excluding carboxylic acids is 2. The maximum absolute atomic E-state index is 12.9. The van der Waals surface area contributed by atoms with Crippen LogP contribution in [0, 0.1) is 0 Å². The van der Waals surface area contributed by atoms with E-state index in [2.05, 4.69) is 0 Å². The number of carbonyl (C=O) groups is 2. The van der Waals surface area contributed by atoms with Gasteiger partial charge in [-0.2, -0.15) is 0 Å². The highest BCUT2D eigenvalue weighted by molar-refractivity contribution is 6.60. The highest BCUT2D eigenvalue weighted by Gasteiger charge is 2.64. The molecule has 8 heteroatoms. The van der Waals surface area contributed by atoms with Crippen LogP contribution >= 0.6 is 69.6 Å². The summed E-state index contributed by atoms with van der Waals surface area (Å²) in [6, 6.07) is 0. The van der Waals surface area contributed by atoms with E-state index in [0.29, 0.717) is 0 Å². The fourth-order valence-corrected chi connectivity index (χ4v) is 4.53. The average Bonchev–Trinajstić information content (AvgIpc) is 2.49. The van der Waals surface area contributed by atoms with Crippen LogP contribution in [0.25, 0.3) is 0 Å². The molecule has 2 unspecified atom stereocenters. The summed E-state index contributed by atoms with van der Waals surface area (Å²) < 4.78 is 0. The average molecular weight is 419 g/mol. The number of halogens is 6. The largest absolute Gasteiger partial charge is 0.292 e. The molecule has 3 rings (SSSR count). The SMILES string of the molecule is O=C1c2c(Cl)c(Cl)c(Cl)c(Cl)c2C(=O)C2(Cl)CC=CCC12Cl. The Bertz CT molecular complexity index is 708. The van der Waals surface area contributed by atoms with E-state index in [1.807, 2.05) is 0 Å². The van der Waals surface area contributed by atoms with E-state index in [9.17, 15) is 9.59 Å². The minimum atomic E-state index is -1.63. The fourth-order valence-electron chi connectivity index (χ4n) is 2.81. The van der Waals surface area contributed by atoms with Gasteiger partial charge in [0, 0.05) is 0 Å². The molecular formula is C14H6Cl6O2. The Labute approximate surface area is 156 Å². The molecule has 2 aliphatic carbocycles. The Morgan fingerprint density at radius 1 is 0.682 bits per heavy atom. The van der Waals surface area contributed by atoms with Crippen molar-refractivity contribution in [3.8, 4) is 0 Å². The first-order valence-electron chi connectivity index (χ1n) is 6.15. The molecule has 0 heterocycles. The number of hydrogen-bond donors (Lipinski definition) is 0. The number of fused-ring (bicyclic) bond motifs is 2. The number of benzene rings is 1. The van der Waals surface area contributed by atoms with Gasteiger partial charge in [-0.1, -0.05) is 58.6 Å². The van der Waals surface area contributed by atoms with Gasteiger partial charge in [0.05, 0.1) is 31.2 Å². The quantitative estimate of drug-likeness (QED) is 0.224. The number of rotatable bonds is 0. The Kier molecular flexibility index (Phi) is 4.04. The van der Waals surface area contributed by atoms with E-state index in [1.165, 1.54) is 0 Å². The molecule has 0 N–H and O–H groups in total. The van der Waals surface area contributed by atoms with Crippen molar-refractivity contribution in [2.24, 2.45) is 0 Å². The van der Waals surface area contributed by atoms with Crippen LogP contribution in [0.1, 0.15) is 33.6 Å². The standard InChI is InChI=1S/C14H6Cl6O2/c15-7-5-6(8(16)10(18)9(7)17)12(22)14(20)4-2-1-3-13(14,19)11(5)21/h1-2H,3-4H2. The van der Waals surface area contributed by atoms with Crippen LogP contribution in [-0.2, 0) is 0 Å². The van der Waals surface area contributed by atoms with Crippen LogP contribution in [0.5, 0.6) is 0 Å². The zero-order chi connectivity index (χ0) is 16.4. The Hall–Kier alpha value is 0.0400. The first-order valence-corrected chi connectivity index (χ1v) is 8.42. The molecule has 0 amide bonds. The van der Waals surface area contributed by atoms with Gasteiger partial charge in [0.2, 0.25) is 0 Å². The van der Waals surface area contributed by atoms with Gasteiger partial charge in [0.15, 0.2) is 11.6 Å². The Morgan fingerprint density at radius 3 is 1.32 bits per heavy atom. The molecule has 1 aromatic rings. The number of Topliss-reactive ketones (excluding diaryl/α,β-unsaturated/α-hetero) is 2. The molecule has 22 heavy (non-hydrogen) atoms. The molecular weight excluding hydrogens is 413 g/mol. The first-order chi connectivity index (χ1) is 10.2. The first kappa shape index (κ1) is 16.9. The smallest absolute Gasteiger partial charge is 0.188 e. The van der Waals surface area contributed by atoms with Crippen molar-refractivity contribution in [3.63, 3.8) is 0 Å². The van der Waals surface area contributed by atoms with E-state index in [-0.39, 0.29) is 44.1 Å². The molecule has 2 atom stereocenters. The summed E-state index contributed by atoms with van der Waals surface area (Å²) in [6.45, 7) is 0. The van der Waals surface area contributed by atoms with E-state index >= 15 is 0 Å². The number of allylic oxidation sites excluding steroid dienone is 2. The van der Waals surface area contributed by atoms with Crippen LogP contribution in [-0.4, -0.2) is 21.3 Å². The summed E-state index contributed by atoms with van der Waals surface area (Å²) in [7, 11) is 0. The van der Waals surface area contributed by atoms with Gasteiger partial charge in [-0.15, -0.1) is 23.2 Å². The predicted octanol–water partition coefficient (Wildman–Crippen LogP) is 5.98. The van der Waals surface area contributed by atoms with Crippen molar-refractivity contribution >= 4 is 81.2 Å². The predicted molar refractivity (Wildman–Crippen MR) is 90.7 cm³/mol. The molecule has 0 saturated carbocycles. The maximum Gasteiger partial charge on any atom is 0.188 e. The molecule has 0 saturated heterocycles. The Balaban J connectivity index is 2.43. The minimum absolute atomic E-state index is 0.0954. The highest BCUT2D eigenvalue weighted by Crippen LogP contribution is 2.55. The third kappa shape index (κ3) is 1.89. The third-order valence-corrected chi connectivity index (χ3v) is 7.23. The van der Waals surface area contributed by atoms with Crippen LogP contribution in [0.15, 0.2) is 12.2 Å². The van der Waals surface area contributed by atoms with Crippen molar-refractivity contribution in [1.29, 1.82) is 0 Å². The van der Waals surface area contributed by atoms with Crippen molar-refractivity contribution in [2.45, 2.75) is 22.6 Å². The molecule has 1 aromatic carbocycles. The van der Waals surface area contributed by atoms with Crippen LogP contribution in [0.4, 0.5) is 0 Å². The van der Waals surface area contributed by atoms with Gasteiger partial charge < -0.3 is 0 Å². The lowest BCUT2D eigenvalue weighted by atomic mass is 9.68. The van der Waals surface area contributed by atoms with Gasteiger partial charge in [-0.25, -0.2) is 0 Å². The zero-order valence-electron chi connectivity index (χ0n) is 10.7. The van der Waals surface area contributed by atoms with Crippen molar-refractivity contribution in [1.82, 2.24) is 0 Å². The van der Waals surface area contributed by atoms with Gasteiger partial charge >= 0.3 is 0 Å². The van der Waals surface area contributed by atoms with Gasteiger partial charge in [-0.3, -0.25) is 9.59 Å². The second-order valence-electron chi connectivity index (χ2n) is 5.15. The summed E-state index contributed by atoms with van der Waals surface area (Å²) in [5.41, 5.74) is -0.236. The topological polar surface area (TPSA) is 34.1 Å². The summed E-state index contributed by atoms with van der Waals surface area (Å²) in [6.07, 6.45) is 3.63. The van der Waals surface area contributed by atoms with Gasteiger partial charge in [0.1, 0.15) is 9.75 Å². The highest BCUT2D eigenvalue weighted by atomic mass is 35.5. The maximum atomic E-state index is 12.9. The second kappa shape index (κ2) is 5.27. The Morgan fingerprint density at radius 2 is 1.00 bits per heavy atom. The molecule has 0 spiro atoms. The van der Waals surface area contributed by atoms with Crippen molar-refractivity contribution < 1.29 is 9.59 Å². The van der Waals surface area contributed by atoms with Crippen LogP contribution in [0.2, 0.25) is 20.1 Å². The van der Waals surface area contributed by atoms with E-state index in [4.69, 9.17) is 69.6 Å². The molecule has 116 valence electrons. The molecule has 2 nitrogen and oxygen atoms in total. The summed E-state index contributed by atoms with van der Waals surface area (Å²) in [5, 5.41) is -0.473. The summed E-state index contributed by atoms with van der Waals surface area (Å²) in [5.74, 6) is -1.15. The summed E-state index contributed by atoms with van der Waals surface area (Å²) in [4.78, 5) is 22.6. The fraction of sp³-hybridized carbons (Fsp3) is 0.286. The molecule has 0 bridgehead atoms. The zero-order valence-corrected chi connectivity index (χ0v) is 15.2. The second-order valence-corrected chi connectivity index (χ2v) is 7.95. The normalized spacial score (nSPS) is 30.3. The van der Waals surface area contributed by atoms with Crippen molar-refractivity contribution in [2.75, 3.05) is 0 Å². The lowest BCUT2D eigenvalue weighted by Crippen LogP contribution is -2.60. The van der Waals surface area contributed by atoms with Gasteiger partial charge in [-0.05, 0) is 12.8 Å². The molecule has 2 aliphatic rings. The third-order valence-electron chi connectivity index (χ3n) is 4.03. The molecule has 0 radical (unpaired) electrons. The summed E-state index contributed by atoms with van der Waals surface area (Å²) >= 11 is 37.2. The van der Waals surface area contributed by atoms with Gasteiger partial charge in [0.25, 0.3) is 0 Å². The van der Waals surface area contributed by atoms with Crippen LogP contribution in [0.3, 0.4) is 0 Å². The lowest BCUT2D eigenvalue weighted by Gasteiger charge is -2.45. The number of ketones is 2. The molecule has 0 aromatic heterocycles. The lowest BCUT2D eigenvalue weighted by molar-refractivity contribution is 0.0784. The van der Waals surface area contributed by atoms with Crippen LogP contribution < -0.4 is 0 Å². The molecule has 0 aliphatic heterocycles.